The molecule has 4 saturated carbocycles. The minimum atomic E-state index is -4.53. The minimum Gasteiger partial charge on any atom is -0.368 e. The average molecular weight is 394 g/mol. The quantitative estimate of drug-likeness (QED) is 0.803. The number of halogens is 3. The number of hydrogen-bond acceptors (Lipinski definition) is 2. The fourth-order valence-electron chi connectivity index (χ4n) is 6.12. The van der Waals surface area contributed by atoms with Gasteiger partial charge in [-0.1, -0.05) is 18.2 Å². The molecule has 2 amide bonds. The first kappa shape index (κ1) is 19.3. The Balaban J connectivity index is 1.53. The summed E-state index contributed by atoms with van der Waals surface area (Å²) in [7, 11) is 0. The van der Waals surface area contributed by atoms with Crippen molar-refractivity contribution in [3.63, 3.8) is 0 Å². The summed E-state index contributed by atoms with van der Waals surface area (Å²) in [5.41, 5.74) is 4.13. The first-order chi connectivity index (χ1) is 13.2. The molecule has 5 rings (SSSR count). The van der Waals surface area contributed by atoms with Gasteiger partial charge >= 0.3 is 6.18 Å². The molecule has 1 aromatic carbocycles. The zero-order valence-corrected chi connectivity index (χ0v) is 15.6. The van der Waals surface area contributed by atoms with Gasteiger partial charge in [0.2, 0.25) is 11.8 Å². The fourth-order valence-corrected chi connectivity index (χ4v) is 6.12. The Bertz CT molecular complexity index is 755. The van der Waals surface area contributed by atoms with Crippen molar-refractivity contribution in [2.75, 3.05) is 0 Å². The van der Waals surface area contributed by atoms with E-state index >= 15 is 0 Å². The number of rotatable bonds is 5. The van der Waals surface area contributed by atoms with E-state index in [4.69, 9.17) is 5.73 Å². The highest BCUT2D eigenvalue weighted by Gasteiger charge is 2.55. The van der Waals surface area contributed by atoms with Crippen LogP contribution in [-0.4, -0.2) is 17.9 Å². The van der Waals surface area contributed by atoms with Crippen LogP contribution in [0.25, 0.3) is 0 Å². The third-order valence-electron chi connectivity index (χ3n) is 6.92. The maximum atomic E-state index is 13.3. The van der Waals surface area contributed by atoms with Crippen LogP contribution >= 0.6 is 0 Å². The van der Waals surface area contributed by atoms with Gasteiger partial charge in [0.15, 0.2) is 0 Å². The number of alkyl halides is 3. The van der Waals surface area contributed by atoms with Crippen molar-refractivity contribution in [3.05, 3.63) is 35.4 Å². The smallest absolute Gasteiger partial charge is 0.368 e. The molecule has 4 aliphatic rings. The Hall–Kier alpha value is -2.05. The lowest BCUT2D eigenvalue weighted by atomic mass is 9.49. The summed E-state index contributed by atoms with van der Waals surface area (Å²) >= 11 is 0. The molecule has 4 bridgehead atoms. The molecule has 0 radical (unpaired) electrons. The summed E-state index contributed by atoms with van der Waals surface area (Å²) in [4.78, 5) is 25.1. The monoisotopic (exact) mass is 394 g/mol. The first-order valence-electron chi connectivity index (χ1n) is 9.92. The highest BCUT2D eigenvalue weighted by Crippen LogP contribution is 2.60. The number of nitrogens with two attached hydrogens (primary N) is 1. The van der Waals surface area contributed by atoms with Gasteiger partial charge in [0, 0.05) is 11.8 Å². The number of primary amides is 1. The number of carbonyl (C=O) groups is 2. The Morgan fingerprint density at radius 1 is 1.07 bits per heavy atom. The fraction of sp³-hybridized carbons (Fsp3) is 0.619. The van der Waals surface area contributed by atoms with Crippen LogP contribution in [0.1, 0.15) is 49.7 Å². The van der Waals surface area contributed by atoms with E-state index in [1.165, 1.54) is 37.5 Å². The van der Waals surface area contributed by atoms with Gasteiger partial charge in [-0.25, -0.2) is 0 Å². The van der Waals surface area contributed by atoms with E-state index < -0.39 is 29.1 Å². The Morgan fingerprint density at radius 2 is 1.61 bits per heavy atom. The van der Waals surface area contributed by atoms with Crippen LogP contribution in [0.4, 0.5) is 13.2 Å². The second kappa shape index (κ2) is 6.78. The molecule has 152 valence electrons. The molecule has 0 heterocycles. The van der Waals surface area contributed by atoms with Crippen LogP contribution in [0.3, 0.4) is 0 Å². The van der Waals surface area contributed by atoms with Crippen LogP contribution in [0.5, 0.6) is 0 Å². The summed E-state index contributed by atoms with van der Waals surface area (Å²) in [5, 5.41) is 2.72. The first-order valence-corrected chi connectivity index (χ1v) is 9.92. The van der Waals surface area contributed by atoms with E-state index in [1.807, 2.05) is 0 Å². The van der Waals surface area contributed by atoms with Gasteiger partial charge in [0.05, 0.1) is 5.56 Å². The molecule has 4 nitrogen and oxygen atoms in total. The van der Waals surface area contributed by atoms with Gasteiger partial charge in [-0.15, -0.1) is 0 Å². The predicted molar refractivity (Wildman–Crippen MR) is 96.9 cm³/mol. The van der Waals surface area contributed by atoms with Crippen LogP contribution in [-0.2, 0) is 22.2 Å². The third kappa shape index (κ3) is 3.51. The average Bonchev–Trinajstić information content (AvgIpc) is 2.59. The van der Waals surface area contributed by atoms with Crippen LogP contribution in [0, 0.1) is 23.2 Å². The van der Waals surface area contributed by atoms with E-state index in [-0.39, 0.29) is 17.9 Å². The molecule has 3 N–H and O–H groups in total. The number of carbonyl (C=O) groups excluding carboxylic acids is 2. The van der Waals surface area contributed by atoms with Crippen LogP contribution < -0.4 is 11.1 Å². The standard InChI is InChI=1S/C21H25F3N2O2/c22-21(23,24)16-4-2-1-3-15(16)8-17(18(25)27)26-19(28)20-9-12-5-13(10-20)7-14(6-12)11-20/h1-4,12-14,17H,5-11H2,(H2,25,27)(H,26,28)/t12?,13?,14?,17-,20?/m1/s1. The number of nitrogens with one attached hydrogen (secondary N) is 1. The molecule has 0 saturated heterocycles. The van der Waals surface area contributed by atoms with E-state index in [1.54, 1.807) is 0 Å². The lowest BCUT2D eigenvalue weighted by Crippen LogP contribution is -2.57. The highest BCUT2D eigenvalue weighted by atomic mass is 19.4. The molecule has 0 unspecified atom stereocenters. The normalized spacial score (nSPS) is 32.2. The van der Waals surface area contributed by atoms with Gasteiger partial charge < -0.3 is 11.1 Å². The summed E-state index contributed by atoms with van der Waals surface area (Å²) in [6.45, 7) is 0. The lowest BCUT2D eigenvalue weighted by Gasteiger charge is -2.55. The zero-order valence-electron chi connectivity index (χ0n) is 15.6. The molecule has 0 aromatic heterocycles. The van der Waals surface area contributed by atoms with Crippen molar-refractivity contribution in [3.8, 4) is 0 Å². The molecule has 0 spiro atoms. The molecular weight excluding hydrogens is 369 g/mol. The highest BCUT2D eigenvalue weighted by molar-refractivity contribution is 5.90. The lowest BCUT2D eigenvalue weighted by molar-refractivity contribution is -0.148. The topological polar surface area (TPSA) is 72.2 Å². The van der Waals surface area contributed by atoms with Crippen LogP contribution in [0.2, 0.25) is 0 Å². The van der Waals surface area contributed by atoms with Gasteiger partial charge in [-0.2, -0.15) is 13.2 Å². The SMILES string of the molecule is NC(=O)[C@@H](Cc1ccccc1C(F)(F)F)NC(=O)C12CC3CC(CC(C3)C1)C2. The minimum absolute atomic E-state index is 0.0374. The molecule has 4 aliphatic carbocycles. The van der Waals surface area contributed by atoms with E-state index in [0.717, 1.165) is 25.3 Å². The number of benzene rings is 1. The molecule has 7 heteroatoms. The molecule has 4 fully saturated rings. The van der Waals surface area contributed by atoms with Crippen molar-refractivity contribution in [2.24, 2.45) is 28.9 Å². The predicted octanol–water partition coefficient (Wildman–Crippen LogP) is 3.43. The number of hydrogen-bond donors (Lipinski definition) is 2. The van der Waals surface area contributed by atoms with Crippen molar-refractivity contribution in [2.45, 2.75) is 57.2 Å². The van der Waals surface area contributed by atoms with Gasteiger partial charge in [-0.3, -0.25) is 9.59 Å². The second-order valence-corrected chi connectivity index (χ2v) is 8.99. The summed E-state index contributed by atoms with van der Waals surface area (Å²) in [6.07, 6.45) is 1.17. The van der Waals surface area contributed by atoms with E-state index in [0.29, 0.717) is 17.8 Å². The molecule has 1 atom stereocenters. The van der Waals surface area contributed by atoms with E-state index in [9.17, 15) is 22.8 Å². The summed E-state index contributed by atoms with van der Waals surface area (Å²) < 4.78 is 39.8. The maximum absolute atomic E-state index is 13.3. The summed E-state index contributed by atoms with van der Waals surface area (Å²) in [5.74, 6) is 0.634. The van der Waals surface area contributed by atoms with Crippen molar-refractivity contribution in [1.29, 1.82) is 0 Å². The van der Waals surface area contributed by atoms with E-state index in [2.05, 4.69) is 5.32 Å². The molecule has 28 heavy (non-hydrogen) atoms. The van der Waals surface area contributed by atoms with Crippen LogP contribution in [0.15, 0.2) is 24.3 Å². The molecule has 1 aromatic rings. The Morgan fingerprint density at radius 3 is 2.11 bits per heavy atom. The summed E-state index contributed by atoms with van der Waals surface area (Å²) in [6, 6.07) is 3.96. The van der Waals surface area contributed by atoms with Gasteiger partial charge in [0.1, 0.15) is 6.04 Å². The second-order valence-electron chi connectivity index (χ2n) is 8.99. The molecule has 0 aliphatic heterocycles. The Kier molecular flexibility index (Phi) is 4.67. The van der Waals surface area contributed by atoms with Crippen molar-refractivity contribution in [1.82, 2.24) is 5.32 Å². The van der Waals surface area contributed by atoms with Crippen molar-refractivity contribution < 1.29 is 22.8 Å². The largest absolute Gasteiger partial charge is 0.416 e. The van der Waals surface area contributed by atoms with Gasteiger partial charge in [-0.05, 0) is 67.9 Å². The number of amides is 2. The maximum Gasteiger partial charge on any atom is 0.416 e. The Labute approximate surface area is 162 Å². The zero-order chi connectivity index (χ0) is 20.1. The van der Waals surface area contributed by atoms with Gasteiger partial charge in [0.25, 0.3) is 0 Å². The van der Waals surface area contributed by atoms with Crippen molar-refractivity contribution >= 4 is 11.8 Å². The molecular formula is C21H25F3N2O2. The third-order valence-corrected chi connectivity index (χ3v) is 6.92.